The second kappa shape index (κ2) is 5.74. The van der Waals surface area contributed by atoms with Gasteiger partial charge in [0, 0.05) is 22.0 Å². The van der Waals surface area contributed by atoms with Crippen LogP contribution in [0.3, 0.4) is 0 Å². The highest BCUT2D eigenvalue weighted by Gasteiger charge is 2.34. The van der Waals surface area contributed by atoms with Crippen molar-refractivity contribution in [2.45, 2.75) is 25.1 Å². The quantitative estimate of drug-likeness (QED) is 0.832. The molecule has 6 heteroatoms. The summed E-state index contributed by atoms with van der Waals surface area (Å²) in [4.78, 5) is 0. The highest BCUT2D eigenvalue weighted by Crippen LogP contribution is 2.37. The second-order valence-corrected chi connectivity index (χ2v) is 6.31. The molecule has 1 aromatic rings. The van der Waals surface area contributed by atoms with Crippen LogP contribution in [0.5, 0.6) is 0 Å². The first-order valence-corrected chi connectivity index (χ1v) is 7.62. The first kappa shape index (κ1) is 14.1. The van der Waals surface area contributed by atoms with E-state index in [1.807, 2.05) is 0 Å². The van der Waals surface area contributed by atoms with Crippen LogP contribution in [0.1, 0.15) is 18.4 Å². The Bertz CT molecular complexity index is 416. The smallest absolute Gasteiger partial charge is 0.381 e. The van der Waals surface area contributed by atoms with Crippen LogP contribution >= 0.6 is 27.7 Å². The summed E-state index contributed by atoms with van der Waals surface area (Å²) in [6.45, 7) is 0. The molecule has 0 saturated carbocycles. The van der Waals surface area contributed by atoms with Gasteiger partial charge in [-0.3, -0.25) is 0 Å². The van der Waals surface area contributed by atoms with Gasteiger partial charge in [0.15, 0.2) is 0 Å². The number of alkyl halides is 3. The fraction of sp³-hybridized carbons (Fsp3) is 0.500. The number of rotatable bonds is 2. The minimum atomic E-state index is -4.31. The Morgan fingerprint density at radius 2 is 2.11 bits per heavy atom. The third-order valence-electron chi connectivity index (χ3n) is 2.81. The molecule has 18 heavy (non-hydrogen) atoms. The van der Waals surface area contributed by atoms with Crippen molar-refractivity contribution in [3.8, 4) is 0 Å². The first-order valence-electron chi connectivity index (χ1n) is 5.68. The van der Waals surface area contributed by atoms with Crippen LogP contribution in [0.2, 0.25) is 0 Å². The zero-order valence-corrected chi connectivity index (χ0v) is 12.0. The normalized spacial score (nSPS) is 20.8. The monoisotopic (exact) mass is 339 g/mol. The van der Waals surface area contributed by atoms with Crippen molar-refractivity contribution < 1.29 is 13.2 Å². The maximum atomic E-state index is 12.9. The summed E-state index contributed by atoms with van der Waals surface area (Å²) in [6.07, 6.45) is -2.33. The molecule has 1 fully saturated rings. The molecule has 0 amide bonds. The minimum Gasteiger partial charge on any atom is -0.381 e. The van der Waals surface area contributed by atoms with E-state index in [1.54, 1.807) is 11.8 Å². The van der Waals surface area contributed by atoms with Crippen LogP contribution in [0.15, 0.2) is 22.7 Å². The van der Waals surface area contributed by atoms with E-state index < -0.39 is 11.7 Å². The van der Waals surface area contributed by atoms with E-state index in [2.05, 4.69) is 21.2 Å². The predicted molar refractivity (Wildman–Crippen MR) is 73.1 cm³/mol. The van der Waals surface area contributed by atoms with Crippen LogP contribution in [-0.4, -0.2) is 17.5 Å². The molecule has 1 aliphatic heterocycles. The van der Waals surface area contributed by atoms with Gasteiger partial charge < -0.3 is 5.32 Å². The van der Waals surface area contributed by atoms with E-state index in [-0.39, 0.29) is 11.7 Å². The van der Waals surface area contributed by atoms with Gasteiger partial charge in [-0.15, -0.1) is 0 Å². The molecule has 0 bridgehead atoms. The fourth-order valence-corrected chi connectivity index (χ4v) is 3.39. The van der Waals surface area contributed by atoms with Gasteiger partial charge in [-0.05, 0) is 36.8 Å². The lowest BCUT2D eigenvalue weighted by Crippen LogP contribution is -2.27. The average molecular weight is 340 g/mol. The highest BCUT2D eigenvalue weighted by molar-refractivity contribution is 9.10. The van der Waals surface area contributed by atoms with Crippen LogP contribution in [0, 0.1) is 0 Å². The Hall–Kier alpha value is -0.360. The number of benzene rings is 1. The van der Waals surface area contributed by atoms with Crippen molar-refractivity contribution in [1.29, 1.82) is 0 Å². The van der Waals surface area contributed by atoms with E-state index in [0.29, 0.717) is 4.47 Å². The third kappa shape index (κ3) is 3.57. The van der Waals surface area contributed by atoms with Crippen molar-refractivity contribution >= 4 is 33.4 Å². The summed E-state index contributed by atoms with van der Waals surface area (Å²) in [5.74, 6) is 1.96. The SMILES string of the molecule is FC(F)(F)c1ccc(Br)cc1NC1CCCSC1. The zero-order chi connectivity index (χ0) is 13.2. The summed E-state index contributed by atoms with van der Waals surface area (Å²) >= 11 is 5.00. The van der Waals surface area contributed by atoms with Gasteiger partial charge in [-0.25, -0.2) is 0 Å². The van der Waals surface area contributed by atoms with Gasteiger partial charge in [0.1, 0.15) is 0 Å². The molecule has 1 aromatic carbocycles. The molecule has 1 nitrogen and oxygen atoms in total. The Morgan fingerprint density at radius 3 is 2.72 bits per heavy atom. The summed E-state index contributed by atoms with van der Waals surface area (Å²) in [7, 11) is 0. The molecule has 100 valence electrons. The fourth-order valence-electron chi connectivity index (χ4n) is 1.96. The minimum absolute atomic E-state index is 0.124. The van der Waals surface area contributed by atoms with Gasteiger partial charge in [0.25, 0.3) is 0 Å². The summed E-state index contributed by atoms with van der Waals surface area (Å²) < 4.78 is 39.3. The van der Waals surface area contributed by atoms with Crippen LogP contribution in [0.4, 0.5) is 18.9 Å². The van der Waals surface area contributed by atoms with Crippen LogP contribution < -0.4 is 5.32 Å². The molecule has 1 heterocycles. The predicted octanol–water partition coefficient (Wildman–Crippen LogP) is 4.78. The van der Waals surface area contributed by atoms with E-state index in [4.69, 9.17) is 0 Å². The van der Waals surface area contributed by atoms with Gasteiger partial charge in [-0.1, -0.05) is 15.9 Å². The van der Waals surface area contributed by atoms with Gasteiger partial charge >= 0.3 is 6.18 Å². The van der Waals surface area contributed by atoms with Gasteiger partial charge in [0.2, 0.25) is 0 Å². The Kier molecular flexibility index (Phi) is 4.48. The second-order valence-electron chi connectivity index (χ2n) is 4.25. The Labute approximate surface area is 117 Å². The van der Waals surface area contributed by atoms with Crippen molar-refractivity contribution in [3.05, 3.63) is 28.2 Å². The molecule has 1 saturated heterocycles. The van der Waals surface area contributed by atoms with E-state index in [9.17, 15) is 13.2 Å². The van der Waals surface area contributed by atoms with Crippen LogP contribution in [-0.2, 0) is 6.18 Å². The van der Waals surface area contributed by atoms with Crippen molar-refractivity contribution in [1.82, 2.24) is 0 Å². The van der Waals surface area contributed by atoms with Crippen molar-refractivity contribution in [2.24, 2.45) is 0 Å². The number of halogens is 4. The van der Waals surface area contributed by atoms with E-state index in [0.717, 1.165) is 30.4 Å². The molecule has 0 aromatic heterocycles. The third-order valence-corrected chi connectivity index (χ3v) is 4.52. The number of thioether (sulfide) groups is 1. The molecule has 1 unspecified atom stereocenters. The largest absolute Gasteiger partial charge is 0.418 e. The standard InChI is InChI=1S/C12H13BrF3NS/c13-8-3-4-10(12(14,15)16)11(6-8)17-9-2-1-5-18-7-9/h3-4,6,9,17H,1-2,5,7H2. The molecule has 0 radical (unpaired) electrons. The lowest BCUT2D eigenvalue weighted by Gasteiger charge is -2.25. The molecule has 2 rings (SSSR count). The summed E-state index contributed by atoms with van der Waals surface area (Å²) in [6, 6.07) is 4.16. The van der Waals surface area contributed by atoms with E-state index >= 15 is 0 Å². The van der Waals surface area contributed by atoms with Crippen molar-refractivity contribution in [2.75, 3.05) is 16.8 Å². The average Bonchev–Trinajstić information content (AvgIpc) is 2.28. The lowest BCUT2D eigenvalue weighted by molar-refractivity contribution is -0.137. The van der Waals surface area contributed by atoms with Gasteiger partial charge in [0.05, 0.1) is 5.56 Å². The molecular weight excluding hydrogens is 327 g/mol. The van der Waals surface area contributed by atoms with Crippen LogP contribution in [0.25, 0.3) is 0 Å². The lowest BCUT2D eigenvalue weighted by atomic mass is 10.1. The Morgan fingerprint density at radius 1 is 1.33 bits per heavy atom. The molecule has 0 aliphatic carbocycles. The first-order chi connectivity index (χ1) is 8.47. The maximum absolute atomic E-state index is 12.9. The molecule has 0 spiro atoms. The molecule has 1 N–H and O–H groups in total. The summed E-state index contributed by atoms with van der Waals surface area (Å²) in [5.41, 5.74) is -0.425. The molecular formula is C12H13BrF3NS. The van der Waals surface area contributed by atoms with E-state index in [1.165, 1.54) is 12.1 Å². The molecule has 1 atom stereocenters. The topological polar surface area (TPSA) is 12.0 Å². The molecule has 1 aliphatic rings. The highest BCUT2D eigenvalue weighted by atomic mass is 79.9. The van der Waals surface area contributed by atoms with Gasteiger partial charge in [-0.2, -0.15) is 24.9 Å². The maximum Gasteiger partial charge on any atom is 0.418 e. The number of hydrogen-bond acceptors (Lipinski definition) is 2. The zero-order valence-electron chi connectivity index (χ0n) is 9.56. The Balaban J connectivity index is 2.21. The number of nitrogens with one attached hydrogen (secondary N) is 1. The van der Waals surface area contributed by atoms with Crippen molar-refractivity contribution in [3.63, 3.8) is 0 Å². The number of anilines is 1. The summed E-state index contributed by atoms with van der Waals surface area (Å²) in [5, 5.41) is 3.03. The number of hydrogen-bond donors (Lipinski definition) is 1.